The number of primary amides is 1. The number of rotatable bonds is 15. The van der Waals surface area contributed by atoms with Gasteiger partial charge in [-0.25, -0.2) is 9.38 Å². The number of methoxy groups -OCH3 is 1. The first-order valence-electron chi connectivity index (χ1n) is 14.1. The van der Waals surface area contributed by atoms with Gasteiger partial charge < -0.3 is 35.4 Å². The first-order valence-corrected chi connectivity index (χ1v) is 14.1. The van der Waals surface area contributed by atoms with Crippen LogP contribution in [0, 0.1) is 11.7 Å². The number of nitrogens with two attached hydrogens (primary N) is 1. The van der Waals surface area contributed by atoms with Crippen LogP contribution in [-0.4, -0.2) is 78.6 Å². The van der Waals surface area contributed by atoms with Crippen LogP contribution in [0.5, 0.6) is 11.5 Å². The van der Waals surface area contributed by atoms with E-state index in [0.717, 1.165) is 31.6 Å². The molecule has 0 bridgehead atoms. The second kappa shape index (κ2) is 14.6. The van der Waals surface area contributed by atoms with Crippen LogP contribution >= 0.6 is 0 Å². The highest BCUT2D eigenvalue weighted by molar-refractivity contribution is 6.16. The number of benzene rings is 2. The van der Waals surface area contributed by atoms with E-state index in [1.807, 2.05) is 17.0 Å². The van der Waals surface area contributed by atoms with Crippen molar-refractivity contribution in [3.8, 4) is 11.5 Å². The molecule has 2 heterocycles. The Morgan fingerprint density at radius 3 is 2.76 bits per heavy atom. The number of carbonyl (C=O) groups excluding carboxylic acids is 1. The number of unbranched alkanes of at least 4 members (excludes halogenated alkanes) is 1. The van der Waals surface area contributed by atoms with E-state index in [4.69, 9.17) is 20.2 Å². The molecule has 12 heteroatoms. The number of nitrogens with zero attached hydrogens (tertiary/aromatic N) is 4. The Labute approximate surface area is 245 Å². The van der Waals surface area contributed by atoms with Gasteiger partial charge in [0.05, 0.1) is 39.1 Å². The Hall–Kier alpha value is -4.16. The Kier molecular flexibility index (Phi) is 10.7. The molecule has 226 valence electrons. The molecule has 1 amide bonds. The molecule has 42 heavy (non-hydrogen) atoms. The van der Waals surface area contributed by atoms with Crippen LogP contribution in [-0.2, 0) is 11.2 Å². The SMILES string of the molecule is COc1cc2c(cc1OCCCCN(CCO)CC(C)C)NCN(c1cccc(F)c1)C2=Nc1cc(CC(N)=O)[nH]n1. The molecule has 0 saturated carbocycles. The molecule has 0 aliphatic carbocycles. The van der Waals surface area contributed by atoms with Crippen molar-refractivity contribution in [3.63, 3.8) is 0 Å². The van der Waals surface area contributed by atoms with Gasteiger partial charge in [-0.2, -0.15) is 5.10 Å². The van der Waals surface area contributed by atoms with E-state index < -0.39 is 5.91 Å². The number of aromatic nitrogens is 2. The van der Waals surface area contributed by atoms with Gasteiger partial charge in [0.1, 0.15) is 11.7 Å². The van der Waals surface area contributed by atoms with Crippen LogP contribution in [0.2, 0.25) is 0 Å². The Morgan fingerprint density at radius 1 is 1.21 bits per heavy atom. The summed E-state index contributed by atoms with van der Waals surface area (Å²) in [7, 11) is 1.58. The Balaban J connectivity index is 1.56. The van der Waals surface area contributed by atoms with Crippen molar-refractivity contribution in [1.29, 1.82) is 0 Å². The number of amidine groups is 1. The van der Waals surface area contributed by atoms with Crippen molar-refractivity contribution in [1.82, 2.24) is 15.1 Å². The van der Waals surface area contributed by atoms with Gasteiger partial charge in [0.25, 0.3) is 0 Å². The van der Waals surface area contributed by atoms with Gasteiger partial charge >= 0.3 is 0 Å². The minimum Gasteiger partial charge on any atom is -0.493 e. The molecule has 2 aromatic carbocycles. The molecule has 1 aromatic heterocycles. The third-order valence-electron chi connectivity index (χ3n) is 6.72. The van der Waals surface area contributed by atoms with Crippen molar-refractivity contribution in [2.24, 2.45) is 16.6 Å². The van der Waals surface area contributed by atoms with Gasteiger partial charge in [0.2, 0.25) is 5.91 Å². The molecule has 0 radical (unpaired) electrons. The second-order valence-electron chi connectivity index (χ2n) is 10.6. The molecular weight excluding hydrogens is 541 g/mol. The van der Waals surface area contributed by atoms with Crippen LogP contribution in [0.15, 0.2) is 47.5 Å². The summed E-state index contributed by atoms with van der Waals surface area (Å²) in [4.78, 5) is 20.3. The van der Waals surface area contributed by atoms with E-state index in [-0.39, 0.29) is 18.8 Å². The fraction of sp³-hybridized carbons (Fsp3) is 0.433. The van der Waals surface area contributed by atoms with Gasteiger partial charge in [-0.3, -0.25) is 9.89 Å². The maximum atomic E-state index is 14.2. The summed E-state index contributed by atoms with van der Waals surface area (Å²) in [6.45, 7) is 7.85. The summed E-state index contributed by atoms with van der Waals surface area (Å²) >= 11 is 0. The van der Waals surface area contributed by atoms with Crippen LogP contribution in [0.1, 0.15) is 37.9 Å². The number of H-pyrrole nitrogens is 1. The number of nitrogens with one attached hydrogen (secondary N) is 2. The Morgan fingerprint density at radius 2 is 2.05 bits per heavy atom. The lowest BCUT2D eigenvalue weighted by molar-refractivity contribution is -0.117. The second-order valence-corrected chi connectivity index (χ2v) is 10.6. The number of aliphatic hydroxyl groups excluding tert-OH is 1. The van der Waals surface area contributed by atoms with E-state index >= 15 is 0 Å². The summed E-state index contributed by atoms with van der Waals surface area (Å²) in [5.74, 6) is 1.68. The first-order chi connectivity index (χ1) is 20.3. The molecule has 0 atom stereocenters. The van der Waals surface area contributed by atoms with E-state index in [9.17, 15) is 14.3 Å². The molecule has 0 saturated heterocycles. The van der Waals surface area contributed by atoms with E-state index in [1.54, 1.807) is 25.3 Å². The lowest BCUT2D eigenvalue weighted by Gasteiger charge is -2.33. The zero-order valence-corrected chi connectivity index (χ0v) is 24.4. The van der Waals surface area contributed by atoms with Crippen molar-refractivity contribution in [2.75, 3.05) is 56.8 Å². The van der Waals surface area contributed by atoms with Gasteiger partial charge in [0, 0.05) is 42.2 Å². The van der Waals surface area contributed by atoms with E-state index in [2.05, 4.69) is 34.3 Å². The first kappa shape index (κ1) is 30.8. The van der Waals surface area contributed by atoms with Crippen LogP contribution in [0.3, 0.4) is 0 Å². The monoisotopic (exact) mass is 581 g/mol. The van der Waals surface area contributed by atoms with Crippen molar-refractivity contribution >= 4 is 28.9 Å². The third-order valence-corrected chi connectivity index (χ3v) is 6.72. The van der Waals surface area contributed by atoms with Crippen molar-refractivity contribution in [2.45, 2.75) is 33.1 Å². The third kappa shape index (κ3) is 8.20. The molecule has 1 aliphatic rings. The summed E-state index contributed by atoms with van der Waals surface area (Å²) < 4.78 is 26.0. The van der Waals surface area contributed by atoms with Gasteiger partial charge in [-0.05, 0) is 49.6 Å². The highest BCUT2D eigenvalue weighted by Gasteiger charge is 2.27. The van der Waals surface area contributed by atoms with Crippen LogP contribution in [0.4, 0.5) is 21.6 Å². The standard InChI is InChI=1S/C30H40FN7O4/c1-20(2)18-37(10-11-39)9-4-5-12-42-27-17-25-24(16-26(27)41-3)30(34-29-15-22(35-36-29)14-28(32)40)38(19-33-25)23-8-6-7-21(31)13-23/h6-8,13,15-17,20,33,39H,4-5,9-12,14,18-19H2,1-3H3,(H2,32,40)(H,35,36). The number of halogens is 1. The number of amides is 1. The zero-order chi connectivity index (χ0) is 30.1. The molecular formula is C30H40FN7O4. The number of aromatic amines is 1. The fourth-order valence-corrected chi connectivity index (χ4v) is 4.89. The number of aliphatic hydroxyl groups is 1. The summed E-state index contributed by atoms with van der Waals surface area (Å²) in [6, 6.07) is 11.6. The zero-order valence-electron chi connectivity index (χ0n) is 24.4. The lowest BCUT2D eigenvalue weighted by atomic mass is 10.1. The van der Waals surface area contributed by atoms with Gasteiger partial charge in [0.15, 0.2) is 17.3 Å². The number of fused-ring (bicyclic) bond motifs is 1. The van der Waals surface area contributed by atoms with E-state index in [0.29, 0.717) is 65.8 Å². The lowest BCUT2D eigenvalue weighted by Crippen LogP contribution is -2.40. The number of aliphatic imine (C=N–C) groups is 1. The topological polar surface area (TPSA) is 141 Å². The summed E-state index contributed by atoms with van der Waals surface area (Å²) in [5, 5.41) is 19.7. The predicted molar refractivity (Wildman–Crippen MR) is 161 cm³/mol. The quantitative estimate of drug-likeness (QED) is 0.199. The minimum atomic E-state index is -0.484. The molecule has 5 N–H and O–H groups in total. The normalized spacial score (nSPS) is 13.9. The van der Waals surface area contributed by atoms with Gasteiger partial charge in [-0.15, -0.1) is 0 Å². The van der Waals surface area contributed by atoms with Crippen molar-refractivity contribution in [3.05, 3.63) is 59.5 Å². The van der Waals surface area contributed by atoms with Crippen LogP contribution < -0.4 is 25.4 Å². The predicted octanol–water partition coefficient (Wildman–Crippen LogP) is 3.66. The minimum absolute atomic E-state index is 0.00925. The number of hydrogen-bond acceptors (Lipinski definition) is 8. The van der Waals surface area contributed by atoms with Gasteiger partial charge in [-0.1, -0.05) is 19.9 Å². The highest BCUT2D eigenvalue weighted by Crippen LogP contribution is 2.38. The molecule has 11 nitrogen and oxygen atoms in total. The molecule has 1 aliphatic heterocycles. The van der Waals surface area contributed by atoms with Crippen molar-refractivity contribution < 1.29 is 23.8 Å². The molecule has 3 aromatic rings. The maximum Gasteiger partial charge on any atom is 0.223 e. The highest BCUT2D eigenvalue weighted by atomic mass is 19.1. The number of anilines is 2. The average molecular weight is 582 g/mol. The molecule has 0 spiro atoms. The van der Waals surface area contributed by atoms with E-state index in [1.165, 1.54) is 12.1 Å². The van der Waals surface area contributed by atoms with Crippen LogP contribution in [0.25, 0.3) is 0 Å². The fourth-order valence-electron chi connectivity index (χ4n) is 4.89. The summed E-state index contributed by atoms with van der Waals surface area (Å²) in [5.41, 5.74) is 7.95. The molecule has 4 rings (SSSR count). The largest absolute Gasteiger partial charge is 0.493 e. The molecule has 0 fully saturated rings. The molecule has 0 unspecified atom stereocenters. The smallest absolute Gasteiger partial charge is 0.223 e. The number of hydrogen-bond donors (Lipinski definition) is 4. The maximum absolute atomic E-state index is 14.2. The Bertz CT molecular complexity index is 1380. The number of carbonyl (C=O) groups is 1. The summed E-state index contributed by atoms with van der Waals surface area (Å²) in [6.07, 6.45) is 1.80. The average Bonchev–Trinajstić information content (AvgIpc) is 3.38. The number of ether oxygens (including phenoxy) is 2.